The maximum absolute atomic E-state index is 10.8. The molecule has 1 unspecified atom stereocenters. The Kier molecular flexibility index (Phi) is 5.55. The Bertz CT molecular complexity index is 380. The van der Waals surface area contributed by atoms with Crippen molar-refractivity contribution >= 4 is 22.4 Å². The molecule has 1 aromatic heterocycles. The molecular weight excluding hydrogens is 250 g/mol. The second-order valence-corrected chi connectivity index (χ2v) is 6.10. The van der Waals surface area contributed by atoms with E-state index in [0.717, 1.165) is 13.0 Å². The van der Waals surface area contributed by atoms with Crippen molar-refractivity contribution in [2.24, 2.45) is 5.92 Å². The molecular formula is C12H21N3O2S. The molecule has 0 spiro atoms. The molecule has 102 valence electrons. The SMILES string of the molecule is CC(C)CC(CN(C)C)Nc1ncc(C(=O)O)s1. The number of carboxylic acid groups (broad SMARTS) is 1. The average molecular weight is 271 g/mol. The zero-order valence-corrected chi connectivity index (χ0v) is 12.1. The zero-order chi connectivity index (χ0) is 13.7. The number of likely N-dealkylation sites (N-methyl/N-ethyl adjacent to an activating group) is 1. The fraction of sp³-hybridized carbons (Fsp3) is 0.667. The molecule has 1 heterocycles. The fourth-order valence-electron chi connectivity index (χ4n) is 1.80. The van der Waals surface area contributed by atoms with Crippen LogP contribution in [0, 0.1) is 5.92 Å². The van der Waals surface area contributed by atoms with Crippen LogP contribution in [0.25, 0.3) is 0 Å². The number of carbonyl (C=O) groups is 1. The number of thiazole rings is 1. The minimum absolute atomic E-state index is 0.269. The van der Waals surface area contributed by atoms with E-state index in [0.29, 0.717) is 11.0 Å². The molecule has 0 aliphatic carbocycles. The normalized spacial score (nSPS) is 13.0. The van der Waals surface area contributed by atoms with Gasteiger partial charge >= 0.3 is 5.97 Å². The second-order valence-electron chi connectivity index (χ2n) is 5.07. The summed E-state index contributed by atoms with van der Waals surface area (Å²) in [6.45, 7) is 5.25. The summed E-state index contributed by atoms with van der Waals surface area (Å²) in [7, 11) is 4.05. The lowest BCUT2D eigenvalue weighted by atomic mass is 10.0. The van der Waals surface area contributed by atoms with Gasteiger partial charge in [-0.25, -0.2) is 9.78 Å². The summed E-state index contributed by atoms with van der Waals surface area (Å²) in [5, 5.41) is 12.9. The van der Waals surface area contributed by atoms with Gasteiger partial charge in [0.15, 0.2) is 5.13 Å². The van der Waals surface area contributed by atoms with Crippen LogP contribution in [0.4, 0.5) is 5.13 Å². The standard InChI is InChI=1S/C12H21N3O2S/c1-8(2)5-9(7-15(3)4)14-12-13-6-10(18-12)11(16)17/h6,8-9H,5,7H2,1-4H3,(H,13,14)(H,16,17). The predicted molar refractivity (Wildman–Crippen MR) is 74.5 cm³/mol. The van der Waals surface area contributed by atoms with E-state index in [-0.39, 0.29) is 10.9 Å². The third kappa shape index (κ3) is 5.01. The Morgan fingerprint density at radius 2 is 2.22 bits per heavy atom. The van der Waals surface area contributed by atoms with Gasteiger partial charge in [0.1, 0.15) is 4.88 Å². The first-order valence-corrected chi connectivity index (χ1v) is 6.80. The number of nitrogens with zero attached hydrogens (tertiary/aromatic N) is 2. The maximum Gasteiger partial charge on any atom is 0.347 e. The van der Waals surface area contributed by atoms with Crippen LogP contribution in [-0.2, 0) is 0 Å². The number of nitrogens with one attached hydrogen (secondary N) is 1. The number of aromatic carboxylic acids is 1. The van der Waals surface area contributed by atoms with Crippen LogP contribution < -0.4 is 5.32 Å². The minimum Gasteiger partial charge on any atom is -0.477 e. The lowest BCUT2D eigenvalue weighted by Crippen LogP contribution is -2.33. The monoisotopic (exact) mass is 271 g/mol. The van der Waals surface area contributed by atoms with Gasteiger partial charge in [-0.2, -0.15) is 0 Å². The zero-order valence-electron chi connectivity index (χ0n) is 11.3. The van der Waals surface area contributed by atoms with E-state index in [1.807, 2.05) is 14.1 Å². The quantitative estimate of drug-likeness (QED) is 0.796. The summed E-state index contributed by atoms with van der Waals surface area (Å²) in [5.41, 5.74) is 0. The number of anilines is 1. The van der Waals surface area contributed by atoms with Crippen LogP contribution in [0.1, 0.15) is 29.9 Å². The Hall–Kier alpha value is -1.14. The molecule has 0 bridgehead atoms. The molecule has 1 aromatic rings. The van der Waals surface area contributed by atoms with Crippen LogP contribution in [0.15, 0.2) is 6.20 Å². The summed E-state index contributed by atoms with van der Waals surface area (Å²) in [6.07, 6.45) is 2.43. The maximum atomic E-state index is 10.8. The van der Waals surface area contributed by atoms with Crippen molar-refractivity contribution in [2.45, 2.75) is 26.3 Å². The van der Waals surface area contributed by atoms with Crippen LogP contribution in [0.3, 0.4) is 0 Å². The van der Waals surface area contributed by atoms with E-state index in [9.17, 15) is 4.79 Å². The summed E-state index contributed by atoms with van der Waals surface area (Å²) in [6, 6.07) is 0.285. The van der Waals surface area contributed by atoms with Gasteiger partial charge in [0, 0.05) is 12.6 Å². The third-order valence-corrected chi connectivity index (χ3v) is 3.30. The van der Waals surface area contributed by atoms with E-state index in [1.54, 1.807) is 0 Å². The minimum atomic E-state index is -0.923. The molecule has 2 N–H and O–H groups in total. The molecule has 0 saturated heterocycles. The largest absolute Gasteiger partial charge is 0.477 e. The third-order valence-electron chi connectivity index (χ3n) is 2.39. The Morgan fingerprint density at radius 3 is 2.67 bits per heavy atom. The molecule has 1 atom stereocenters. The molecule has 0 amide bonds. The molecule has 0 aromatic carbocycles. The molecule has 0 saturated carbocycles. The van der Waals surface area contributed by atoms with Gasteiger partial charge in [-0.1, -0.05) is 25.2 Å². The van der Waals surface area contributed by atoms with E-state index >= 15 is 0 Å². The fourth-order valence-corrected chi connectivity index (χ4v) is 2.54. The van der Waals surface area contributed by atoms with Gasteiger partial charge in [0.05, 0.1) is 6.20 Å². The van der Waals surface area contributed by atoms with Gasteiger partial charge in [-0.05, 0) is 26.4 Å². The van der Waals surface area contributed by atoms with Crippen molar-refractivity contribution in [1.82, 2.24) is 9.88 Å². The van der Waals surface area contributed by atoms with Crippen molar-refractivity contribution in [1.29, 1.82) is 0 Å². The van der Waals surface area contributed by atoms with Crippen LogP contribution in [0.5, 0.6) is 0 Å². The number of hydrogen-bond acceptors (Lipinski definition) is 5. The Labute approximate surface area is 112 Å². The molecule has 18 heavy (non-hydrogen) atoms. The van der Waals surface area contributed by atoms with Gasteiger partial charge in [0.25, 0.3) is 0 Å². The summed E-state index contributed by atoms with van der Waals surface area (Å²) < 4.78 is 0. The molecule has 0 aliphatic heterocycles. The van der Waals surface area contributed by atoms with Crippen molar-refractivity contribution in [3.8, 4) is 0 Å². The van der Waals surface area contributed by atoms with E-state index < -0.39 is 5.97 Å². The van der Waals surface area contributed by atoms with Gasteiger partial charge in [-0.3, -0.25) is 0 Å². The first-order valence-electron chi connectivity index (χ1n) is 5.99. The summed E-state index contributed by atoms with van der Waals surface area (Å²) in [4.78, 5) is 17.3. The Balaban J connectivity index is 2.65. The van der Waals surface area contributed by atoms with E-state index in [1.165, 1.54) is 17.5 Å². The van der Waals surface area contributed by atoms with Crippen molar-refractivity contribution in [2.75, 3.05) is 26.0 Å². The first-order chi connectivity index (χ1) is 8.38. The highest BCUT2D eigenvalue weighted by molar-refractivity contribution is 7.17. The Morgan fingerprint density at radius 1 is 1.56 bits per heavy atom. The second kappa shape index (κ2) is 6.70. The lowest BCUT2D eigenvalue weighted by molar-refractivity contribution is 0.0702. The van der Waals surface area contributed by atoms with Gasteiger partial charge < -0.3 is 15.3 Å². The highest BCUT2D eigenvalue weighted by Gasteiger charge is 2.15. The van der Waals surface area contributed by atoms with Crippen molar-refractivity contribution in [3.63, 3.8) is 0 Å². The van der Waals surface area contributed by atoms with Crippen LogP contribution >= 0.6 is 11.3 Å². The first kappa shape index (κ1) is 14.9. The predicted octanol–water partition coefficient (Wildman–Crippen LogP) is 2.23. The van der Waals surface area contributed by atoms with Crippen molar-refractivity contribution in [3.05, 3.63) is 11.1 Å². The number of rotatable bonds is 7. The molecule has 0 aliphatic rings. The van der Waals surface area contributed by atoms with Gasteiger partial charge in [0.2, 0.25) is 0 Å². The van der Waals surface area contributed by atoms with E-state index in [2.05, 4.69) is 29.0 Å². The number of carboxylic acids is 1. The molecule has 0 radical (unpaired) electrons. The summed E-state index contributed by atoms with van der Waals surface area (Å²) in [5.74, 6) is -0.338. The highest BCUT2D eigenvalue weighted by Crippen LogP contribution is 2.20. The van der Waals surface area contributed by atoms with Gasteiger partial charge in [-0.15, -0.1) is 0 Å². The number of hydrogen-bond donors (Lipinski definition) is 2. The molecule has 5 nitrogen and oxygen atoms in total. The topological polar surface area (TPSA) is 65.5 Å². The van der Waals surface area contributed by atoms with E-state index in [4.69, 9.17) is 5.11 Å². The van der Waals surface area contributed by atoms with Crippen molar-refractivity contribution < 1.29 is 9.90 Å². The van der Waals surface area contributed by atoms with Crippen LogP contribution in [0.2, 0.25) is 0 Å². The molecule has 0 fully saturated rings. The van der Waals surface area contributed by atoms with Crippen LogP contribution in [-0.4, -0.2) is 47.6 Å². The molecule has 1 rings (SSSR count). The molecule has 6 heteroatoms. The highest BCUT2D eigenvalue weighted by atomic mass is 32.1. The number of aromatic nitrogens is 1. The lowest BCUT2D eigenvalue weighted by Gasteiger charge is -2.23. The summed E-state index contributed by atoms with van der Waals surface area (Å²) >= 11 is 1.18. The smallest absolute Gasteiger partial charge is 0.347 e. The average Bonchev–Trinajstić information content (AvgIpc) is 2.63.